The van der Waals surface area contributed by atoms with Crippen molar-refractivity contribution >= 4 is 23.1 Å². The molecule has 4 atom stereocenters. The summed E-state index contributed by atoms with van der Waals surface area (Å²) in [6, 6.07) is 0. The van der Waals surface area contributed by atoms with Gasteiger partial charge in [-0.1, -0.05) is 0 Å². The van der Waals surface area contributed by atoms with Crippen molar-refractivity contribution in [2.45, 2.75) is 58.2 Å². The molecule has 0 bridgehead atoms. The molecule has 0 aromatic rings. The van der Waals surface area contributed by atoms with Crippen molar-refractivity contribution in [2.75, 3.05) is 0 Å². The molecule has 0 aromatic carbocycles. The number of Topliss-reactive ketones (excluding diaryl/α,β-unsaturated/α-hetero) is 4. The van der Waals surface area contributed by atoms with Gasteiger partial charge in [0.1, 0.15) is 11.6 Å². The largest absolute Gasteiger partial charge is 0.388 e. The molecule has 0 spiro atoms. The molecule has 0 aliphatic carbocycles. The molecule has 0 aromatic heterocycles. The normalized spacial score (nSPS) is 37.5. The first-order chi connectivity index (χ1) is 9.81. The van der Waals surface area contributed by atoms with Crippen LogP contribution < -0.4 is 5.73 Å². The van der Waals surface area contributed by atoms with Crippen molar-refractivity contribution in [1.82, 2.24) is 0 Å². The van der Waals surface area contributed by atoms with Gasteiger partial charge >= 0.3 is 0 Å². The Morgan fingerprint density at radius 2 is 1.36 bits per heavy atom. The summed E-state index contributed by atoms with van der Waals surface area (Å²) in [4.78, 5) is 48.7. The monoisotopic (exact) mass is 315 g/mol. The smallest absolute Gasteiger partial charge is 0.249 e. The van der Waals surface area contributed by atoms with Gasteiger partial charge in [-0.3, -0.25) is 19.2 Å². The van der Waals surface area contributed by atoms with E-state index in [0.29, 0.717) is 0 Å². The Bertz CT molecular complexity index is 543. The molecule has 0 saturated carbocycles. The number of aliphatic hydroxyl groups is 2. The number of aliphatic hydroxyl groups excluding tert-OH is 1. The first-order valence-corrected chi connectivity index (χ1v) is 6.73. The molecule has 22 heavy (non-hydrogen) atoms. The van der Waals surface area contributed by atoms with E-state index in [1.54, 1.807) is 0 Å². The average molecular weight is 315 g/mol. The second-order valence-corrected chi connectivity index (χ2v) is 5.76. The molecule has 0 radical (unpaired) electrons. The lowest BCUT2D eigenvalue weighted by Crippen LogP contribution is -2.85. The van der Waals surface area contributed by atoms with Crippen molar-refractivity contribution in [3.63, 3.8) is 0 Å². The number of carbonyl (C=O) groups is 4. The lowest BCUT2D eigenvalue weighted by Gasteiger charge is -2.57. The summed E-state index contributed by atoms with van der Waals surface area (Å²) in [5.41, 5.74) is 0.767. The Kier molecular flexibility index (Phi) is 4.48. The minimum absolute atomic E-state index is 0.908. The Balaban J connectivity index is 3.99. The molecular formula is C14H21NO7. The number of rotatable bonds is 4. The van der Waals surface area contributed by atoms with Crippen LogP contribution in [0.25, 0.3) is 0 Å². The van der Waals surface area contributed by atoms with E-state index in [2.05, 4.69) is 0 Å². The quantitative estimate of drug-likeness (QED) is 0.531. The Labute approximate surface area is 127 Å². The summed E-state index contributed by atoms with van der Waals surface area (Å²) in [7, 11) is 0. The molecular weight excluding hydrogens is 294 g/mol. The summed E-state index contributed by atoms with van der Waals surface area (Å²) < 4.78 is 5.11. The zero-order valence-electron chi connectivity index (χ0n) is 13.2. The Morgan fingerprint density at radius 3 is 1.64 bits per heavy atom. The molecule has 4 N–H and O–H groups in total. The molecule has 1 saturated heterocycles. The third kappa shape index (κ3) is 1.84. The van der Waals surface area contributed by atoms with Crippen LogP contribution in [-0.2, 0) is 23.9 Å². The number of hydrogen-bond donors (Lipinski definition) is 3. The molecule has 124 valence electrons. The fourth-order valence-corrected chi connectivity index (χ4v) is 3.42. The number of nitrogens with two attached hydrogens (primary N) is 1. The SMILES string of the molecule is CC(=O)C1(O)O[C@@H](C)[C@H](O)[C@@](N)(C(C)=O)C1(C(C)=O)C(C)=O. The van der Waals surface area contributed by atoms with Gasteiger partial charge in [-0.15, -0.1) is 0 Å². The van der Waals surface area contributed by atoms with Gasteiger partial charge in [-0.2, -0.15) is 0 Å². The van der Waals surface area contributed by atoms with Crippen molar-refractivity contribution in [3.8, 4) is 0 Å². The van der Waals surface area contributed by atoms with Crippen LogP contribution in [0.2, 0.25) is 0 Å². The first-order valence-electron chi connectivity index (χ1n) is 6.73. The second-order valence-electron chi connectivity index (χ2n) is 5.76. The molecule has 8 heteroatoms. The average Bonchev–Trinajstić information content (AvgIpc) is 2.35. The topological polar surface area (TPSA) is 144 Å². The molecule has 8 nitrogen and oxygen atoms in total. The van der Waals surface area contributed by atoms with Gasteiger partial charge < -0.3 is 20.7 Å². The van der Waals surface area contributed by atoms with Crippen LogP contribution >= 0.6 is 0 Å². The molecule has 1 heterocycles. The van der Waals surface area contributed by atoms with E-state index >= 15 is 0 Å². The second kappa shape index (κ2) is 5.31. The van der Waals surface area contributed by atoms with E-state index < -0.39 is 52.1 Å². The molecule has 1 aliphatic heterocycles. The van der Waals surface area contributed by atoms with Gasteiger partial charge in [-0.05, 0) is 27.7 Å². The van der Waals surface area contributed by atoms with Crippen molar-refractivity contribution < 1.29 is 34.1 Å². The van der Waals surface area contributed by atoms with E-state index in [1.165, 1.54) is 6.92 Å². The lowest BCUT2D eigenvalue weighted by molar-refractivity contribution is -0.314. The highest BCUT2D eigenvalue weighted by Gasteiger charge is 2.78. The fraction of sp³-hybridized carbons (Fsp3) is 0.714. The molecule has 1 rings (SSSR count). The van der Waals surface area contributed by atoms with Gasteiger partial charge in [0, 0.05) is 6.92 Å². The fourth-order valence-electron chi connectivity index (χ4n) is 3.42. The van der Waals surface area contributed by atoms with Crippen molar-refractivity contribution in [2.24, 2.45) is 11.1 Å². The number of ether oxygens (including phenoxy) is 1. The zero-order chi connectivity index (χ0) is 17.7. The van der Waals surface area contributed by atoms with Gasteiger partial charge in [-0.25, -0.2) is 0 Å². The third-order valence-electron chi connectivity index (χ3n) is 4.51. The number of ketones is 4. The van der Waals surface area contributed by atoms with Gasteiger partial charge in [0.05, 0.1) is 6.10 Å². The van der Waals surface area contributed by atoms with E-state index in [9.17, 15) is 29.4 Å². The summed E-state index contributed by atoms with van der Waals surface area (Å²) in [5, 5.41) is 21.0. The van der Waals surface area contributed by atoms with E-state index in [1.807, 2.05) is 0 Å². The minimum Gasteiger partial charge on any atom is -0.388 e. The minimum atomic E-state index is -2.94. The van der Waals surface area contributed by atoms with Gasteiger partial charge in [0.25, 0.3) is 0 Å². The lowest BCUT2D eigenvalue weighted by atomic mass is 9.53. The van der Waals surface area contributed by atoms with E-state index in [0.717, 1.165) is 27.7 Å². The maximum atomic E-state index is 12.3. The van der Waals surface area contributed by atoms with Crippen LogP contribution in [0.4, 0.5) is 0 Å². The summed E-state index contributed by atoms with van der Waals surface area (Å²) >= 11 is 0. The highest BCUT2D eigenvalue weighted by Crippen LogP contribution is 2.51. The highest BCUT2D eigenvalue weighted by atomic mass is 16.6. The Morgan fingerprint density at radius 1 is 0.955 bits per heavy atom. The third-order valence-corrected chi connectivity index (χ3v) is 4.51. The standard InChI is InChI=1S/C14H21NO7/c1-6-11(20)13(15,9(4)18)12(7(2)16,8(3)17)14(21,22-6)10(5)19/h6,11,20-21H,15H2,1-5H3/t6-,11-,13-,14?/m0/s1. The maximum Gasteiger partial charge on any atom is 0.249 e. The molecule has 1 aliphatic rings. The molecule has 0 amide bonds. The molecule has 1 unspecified atom stereocenters. The van der Waals surface area contributed by atoms with Crippen LogP contribution in [0.3, 0.4) is 0 Å². The number of carbonyl (C=O) groups excluding carboxylic acids is 4. The van der Waals surface area contributed by atoms with Crippen LogP contribution in [0.1, 0.15) is 34.6 Å². The predicted molar refractivity (Wildman–Crippen MR) is 73.6 cm³/mol. The van der Waals surface area contributed by atoms with Gasteiger partial charge in [0.15, 0.2) is 28.5 Å². The maximum absolute atomic E-state index is 12.3. The predicted octanol–water partition coefficient (Wildman–Crippen LogP) is -1.51. The van der Waals surface area contributed by atoms with Crippen LogP contribution in [0.15, 0.2) is 0 Å². The summed E-state index contributed by atoms with van der Waals surface area (Å²) in [6.07, 6.45) is -3.02. The summed E-state index contributed by atoms with van der Waals surface area (Å²) in [5.74, 6) is -7.00. The zero-order valence-corrected chi connectivity index (χ0v) is 13.2. The van der Waals surface area contributed by atoms with Crippen LogP contribution in [0.5, 0.6) is 0 Å². The van der Waals surface area contributed by atoms with E-state index in [-0.39, 0.29) is 0 Å². The van der Waals surface area contributed by atoms with Crippen molar-refractivity contribution in [3.05, 3.63) is 0 Å². The summed E-state index contributed by atoms with van der Waals surface area (Å²) in [6.45, 7) is 4.97. The van der Waals surface area contributed by atoms with Gasteiger partial charge in [0.2, 0.25) is 5.79 Å². The first kappa shape index (κ1) is 18.6. The Hall–Kier alpha value is -1.48. The highest BCUT2D eigenvalue weighted by molar-refractivity contribution is 6.17. The van der Waals surface area contributed by atoms with Crippen LogP contribution in [-0.4, -0.2) is 56.9 Å². The van der Waals surface area contributed by atoms with Crippen molar-refractivity contribution in [1.29, 1.82) is 0 Å². The van der Waals surface area contributed by atoms with Crippen LogP contribution in [0, 0.1) is 5.41 Å². The number of hydrogen-bond acceptors (Lipinski definition) is 8. The van der Waals surface area contributed by atoms with E-state index in [4.69, 9.17) is 10.5 Å². The molecule has 1 fully saturated rings.